The van der Waals surface area contributed by atoms with Crippen molar-refractivity contribution in [3.8, 4) is 0 Å². The van der Waals surface area contributed by atoms with Crippen molar-refractivity contribution in [2.45, 2.75) is 39.7 Å². The van der Waals surface area contributed by atoms with Crippen LogP contribution in [-0.4, -0.2) is 17.9 Å². The molecule has 0 unspecified atom stereocenters. The number of ketones is 1. The molecule has 1 aromatic rings. The van der Waals surface area contributed by atoms with Gasteiger partial charge in [-0.25, -0.2) is 0 Å². The summed E-state index contributed by atoms with van der Waals surface area (Å²) in [5.74, 6) is 0.133. The van der Waals surface area contributed by atoms with Crippen molar-refractivity contribution in [3.05, 3.63) is 29.3 Å². The molecule has 0 aromatic heterocycles. The van der Waals surface area contributed by atoms with Crippen LogP contribution in [0, 0.1) is 6.92 Å². The summed E-state index contributed by atoms with van der Waals surface area (Å²) in [6.45, 7) is 8.88. The summed E-state index contributed by atoms with van der Waals surface area (Å²) < 4.78 is 0. The first kappa shape index (κ1) is 13.7. The molecule has 17 heavy (non-hydrogen) atoms. The zero-order valence-electron chi connectivity index (χ0n) is 11.1. The molecule has 0 spiro atoms. The minimum Gasteiger partial charge on any atom is -0.398 e. The first-order valence-electron chi connectivity index (χ1n) is 5.94. The third kappa shape index (κ3) is 4.57. The molecule has 94 valence electrons. The molecule has 0 saturated heterocycles. The van der Waals surface area contributed by atoms with Crippen LogP contribution >= 0.6 is 0 Å². The third-order valence-corrected chi connectivity index (χ3v) is 2.61. The summed E-state index contributed by atoms with van der Waals surface area (Å²) in [6.07, 6.45) is 0.500. The van der Waals surface area contributed by atoms with E-state index in [1.165, 1.54) is 0 Å². The first-order chi connectivity index (χ1) is 7.79. The third-order valence-electron chi connectivity index (χ3n) is 2.61. The number of hydrogen-bond acceptors (Lipinski definition) is 3. The second-order valence-electron chi connectivity index (χ2n) is 5.42. The number of nitrogen functional groups attached to an aromatic ring is 1. The first-order valence-corrected chi connectivity index (χ1v) is 5.94. The van der Waals surface area contributed by atoms with E-state index in [-0.39, 0.29) is 11.3 Å². The van der Waals surface area contributed by atoms with Gasteiger partial charge in [0.15, 0.2) is 5.78 Å². The summed E-state index contributed by atoms with van der Waals surface area (Å²) in [5.41, 5.74) is 8.22. The summed E-state index contributed by atoms with van der Waals surface area (Å²) in [4.78, 5) is 11.9. The lowest BCUT2D eigenvalue weighted by Crippen LogP contribution is -2.37. The summed E-state index contributed by atoms with van der Waals surface area (Å²) in [5, 5.41) is 3.30. The van der Waals surface area contributed by atoms with Crippen molar-refractivity contribution in [2.24, 2.45) is 0 Å². The van der Waals surface area contributed by atoms with E-state index in [1.54, 1.807) is 6.07 Å². The summed E-state index contributed by atoms with van der Waals surface area (Å²) >= 11 is 0. The highest BCUT2D eigenvalue weighted by Crippen LogP contribution is 2.14. The van der Waals surface area contributed by atoms with E-state index >= 15 is 0 Å². The van der Waals surface area contributed by atoms with Gasteiger partial charge in [-0.1, -0.05) is 12.1 Å². The Morgan fingerprint density at radius 1 is 1.35 bits per heavy atom. The Morgan fingerprint density at radius 3 is 2.53 bits per heavy atom. The van der Waals surface area contributed by atoms with Crippen molar-refractivity contribution >= 4 is 11.5 Å². The molecule has 0 atom stereocenters. The number of rotatable bonds is 4. The summed E-state index contributed by atoms with van der Waals surface area (Å²) in [7, 11) is 0. The highest BCUT2D eigenvalue weighted by atomic mass is 16.1. The molecule has 0 fully saturated rings. The fourth-order valence-corrected chi connectivity index (χ4v) is 1.51. The lowest BCUT2D eigenvalue weighted by molar-refractivity contribution is 0.0980. The number of hydrogen-bond donors (Lipinski definition) is 2. The van der Waals surface area contributed by atoms with Gasteiger partial charge in [0.2, 0.25) is 0 Å². The second kappa shape index (κ2) is 5.32. The van der Waals surface area contributed by atoms with E-state index < -0.39 is 0 Å². The number of benzene rings is 1. The van der Waals surface area contributed by atoms with E-state index in [2.05, 4.69) is 26.1 Å². The average Bonchev–Trinajstić information content (AvgIpc) is 2.20. The number of Topliss-reactive ketones (excluding diaryl/α,β-unsaturated/α-hetero) is 1. The van der Waals surface area contributed by atoms with Gasteiger partial charge in [0.25, 0.3) is 0 Å². The Morgan fingerprint density at radius 2 is 2.00 bits per heavy atom. The molecule has 0 radical (unpaired) electrons. The van der Waals surface area contributed by atoms with Crippen LogP contribution in [0.2, 0.25) is 0 Å². The molecular weight excluding hydrogens is 212 g/mol. The van der Waals surface area contributed by atoms with Crippen molar-refractivity contribution in [1.29, 1.82) is 0 Å². The van der Waals surface area contributed by atoms with Gasteiger partial charge in [-0.3, -0.25) is 4.79 Å². The van der Waals surface area contributed by atoms with Crippen LogP contribution in [0.5, 0.6) is 0 Å². The van der Waals surface area contributed by atoms with E-state index in [1.807, 2.05) is 19.1 Å². The van der Waals surface area contributed by atoms with Crippen molar-refractivity contribution < 1.29 is 4.79 Å². The maximum Gasteiger partial charge on any atom is 0.164 e. The SMILES string of the molecule is Cc1ccc(C(=O)CCNC(C)(C)C)cc1N. The van der Waals surface area contributed by atoms with Gasteiger partial charge in [-0.05, 0) is 39.3 Å². The molecular formula is C14H22N2O. The number of aryl methyl sites for hydroxylation is 1. The quantitative estimate of drug-likeness (QED) is 0.622. The molecule has 0 heterocycles. The zero-order chi connectivity index (χ0) is 13.1. The maximum absolute atomic E-state index is 11.9. The lowest BCUT2D eigenvalue weighted by Gasteiger charge is -2.20. The van der Waals surface area contributed by atoms with Gasteiger partial charge < -0.3 is 11.1 Å². The maximum atomic E-state index is 11.9. The molecule has 0 aliphatic rings. The molecule has 0 bridgehead atoms. The average molecular weight is 234 g/mol. The van der Waals surface area contributed by atoms with Crippen LogP contribution in [0.3, 0.4) is 0 Å². The number of nitrogens with two attached hydrogens (primary N) is 1. The lowest BCUT2D eigenvalue weighted by atomic mass is 10.0. The van der Waals surface area contributed by atoms with Crippen LogP contribution in [0.15, 0.2) is 18.2 Å². The predicted molar refractivity (Wildman–Crippen MR) is 72.3 cm³/mol. The van der Waals surface area contributed by atoms with Gasteiger partial charge >= 0.3 is 0 Å². The van der Waals surface area contributed by atoms with Crippen LogP contribution in [-0.2, 0) is 0 Å². The fourth-order valence-electron chi connectivity index (χ4n) is 1.51. The Hall–Kier alpha value is -1.35. The molecule has 1 rings (SSSR count). The van der Waals surface area contributed by atoms with Gasteiger partial charge in [0, 0.05) is 29.8 Å². The molecule has 3 heteroatoms. The molecule has 1 aromatic carbocycles. The molecule has 0 aliphatic carbocycles. The number of carbonyl (C=O) groups excluding carboxylic acids is 1. The highest BCUT2D eigenvalue weighted by molar-refractivity contribution is 5.97. The van der Waals surface area contributed by atoms with E-state index in [4.69, 9.17) is 5.73 Å². The summed E-state index contributed by atoms with van der Waals surface area (Å²) in [6, 6.07) is 5.49. The van der Waals surface area contributed by atoms with Crippen LogP contribution in [0.25, 0.3) is 0 Å². The smallest absolute Gasteiger partial charge is 0.164 e. The Balaban J connectivity index is 2.56. The molecule has 0 saturated carbocycles. The van der Waals surface area contributed by atoms with E-state index in [0.717, 1.165) is 5.56 Å². The number of carbonyl (C=O) groups is 1. The molecule has 3 N–H and O–H groups in total. The Kier molecular flexibility index (Phi) is 4.29. The Bertz CT molecular complexity index is 405. The van der Waals surface area contributed by atoms with E-state index in [0.29, 0.717) is 24.2 Å². The van der Waals surface area contributed by atoms with Crippen molar-refractivity contribution in [2.75, 3.05) is 12.3 Å². The highest BCUT2D eigenvalue weighted by Gasteiger charge is 2.11. The standard InChI is InChI=1S/C14H22N2O/c1-10-5-6-11(9-12(10)15)13(17)7-8-16-14(2,3)4/h5-6,9,16H,7-8,15H2,1-4H3. The van der Waals surface area contributed by atoms with Crippen LogP contribution < -0.4 is 11.1 Å². The minimum absolute atomic E-state index is 0.0482. The van der Waals surface area contributed by atoms with Gasteiger partial charge in [0.1, 0.15) is 0 Å². The fraction of sp³-hybridized carbons (Fsp3) is 0.500. The number of nitrogens with one attached hydrogen (secondary N) is 1. The monoisotopic (exact) mass is 234 g/mol. The van der Waals surface area contributed by atoms with E-state index in [9.17, 15) is 4.79 Å². The van der Waals surface area contributed by atoms with Gasteiger partial charge in [-0.2, -0.15) is 0 Å². The number of anilines is 1. The Labute approximate surface area is 103 Å². The zero-order valence-corrected chi connectivity index (χ0v) is 11.1. The normalized spacial score (nSPS) is 11.5. The van der Waals surface area contributed by atoms with Crippen LogP contribution in [0.1, 0.15) is 43.1 Å². The molecule has 0 aliphatic heterocycles. The largest absolute Gasteiger partial charge is 0.398 e. The molecule has 3 nitrogen and oxygen atoms in total. The van der Waals surface area contributed by atoms with Crippen LogP contribution in [0.4, 0.5) is 5.69 Å². The topological polar surface area (TPSA) is 55.1 Å². The second-order valence-corrected chi connectivity index (χ2v) is 5.42. The van der Waals surface area contributed by atoms with Gasteiger partial charge in [-0.15, -0.1) is 0 Å². The molecule has 0 amide bonds. The van der Waals surface area contributed by atoms with Crippen molar-refractivity contribution in [3.63, 3.8) is 0 Å². The van der Waals surface area contributed by atoms with Gasteiger partial charge in [0.05, 0.1) is 0 Å². The minimum atomic E-state index is 0.0482. The predicted octanol–water partition coefficient (Wildman–Crippen LogP) is 2.54. The van der Waals surface area contributed by atoms with Crippen molar-refractivity contribution in [1.82, 2.24) is 5.32 Å².